The molecule has 0 saturated carbocycles. The van der Waals surface area contributed by atoms with E-state index < -0.39 is 0 Å². The third-order valence-electron chi connectivity index (χ3n) is 2.56. The lowest BCUT2D eigenvalue weighted by atomic mass is 10.2. The molecular weight excluding hydrogens is 244 g/mol. The zero-order valence-electron chi connectivity index (χ0n) is 10.1. The lowest BCUT2D eigenvalue weighted by Crippen LogP contribution is -2.22. The maximum atomic E-state index is 5.70. The van der Waals surface area contributed by atoms with Gasteiger partial charge in [-0.15, -0.1) is 0 Å². The van der Waals surface area contributed by atoms with E-state index in [0.717, 1.165) is 16.9 Å². The summed E-state index contributed by atoms with van der Waals surface area (Å²) in [5.74, 6) is 0.786. The first-order chi connectivity index (χ1) is 8.68. The number of hydrogen-bond acceptors (Lipinski definition) is 4. The minimum atomic E-state index is 0.358. The van der Waals surface area contributed by atoms with E-state index in [0.29, 0.717) is 11.5 Å². The third kappa shape index (κ3) is 2.81. The largest absolute Gasteiger partial charge is 0.389 e. The van der Waals surface area contributed by atoms with Crippen LogP contribution in [-0.2, 0) is 6.54 Å². The minimum absolute atomic E-state index is 0.358. The van der Waals surface area contributed by atoms with Crippen LogP contribution in [-0.4, -0.2) is 22.0 Å². The third-order valence-corrected chi connectivity index (χ3v) is 2.78. The molecule has 0 fully saturated rings. The van der Waals surface area contributed by atoms with E-state index in [-0.39, 0.29) is 0 Å². The van der Waals surface area contributed by atoms with Gasteiger partial charge in [0.2, 0.25) is 0 Å². The Labute approximate surface area is 111 Å². The smallest absolute Gasteiger partial charge is 0.138 e. The lowest BCUT2D eigenvalue weighted by Gasteiger charge is -2.20. The first-order valence-electron chi connectivity index (χ1n) is 5.53. The number of pyridine rings is 2. The molecule has 2 heterocycles. The monoisotopic (exact) mass is 258 g/mol. The molecule has 2 rings (SSSR count). The summed E-state index contributed by atoms with van der Waals surface area (Å²) in [5, 5.41) is 0. The van der Waals surface area contributed by atoms with Crippen molar-refractivity contribution in [1.29, 1.82) is 0 Å². The van der Waals surface area contributed by atoms with Gasteiger partial charge in [-0.3, -0.25) is 4.98 Å². The van der Waals surface area contributed by atoms with Crippen molar-refractivity contribution < 1.29 is 0 Å². The van der Waals surface area contributed by atoms with Gasteiger partial charge in [-0.25, -0.2) is 4.98 Å². The van der Waals surface area contributed by atoms with Crippen LogP contribution in [0.3, 0.4) is 0 Å². The Morgan fingerprint density at radius 2 is 2.11 bits per heavy atom. The van der Waals surface area contributed by atoms with Gasteiger partial charge in [-0.2, -0.15) is 0 Å². The molecule has 0 saturated heterocycles. The second-order valence-electron chi connectivity index (χ2n) is 3.96. The molecule has 0 atom stereocenters. The van der Waals surface area contributed by atoms with Crippen LogP contribution in [0.15, 0.2) is 42.9 Å². The average molecular weight is 258 g/mol. The molecule has 0 spiro atoms. The summed E-state index contributed by atoms with van der Waals surface area (Å²) in [6.45, 7) is 0.709. The fraction of sp³-hybridized carbons (Fsp3) is 0.154. The summed E-state index contributed by atoms with van der Waals surface area (Å²) in [6, 6.07) is 7.64. The molecule has 0 aliphatic heterocycles. The van der Waals surface area contributed by atoms with Crippen LogP contribution in [0.4, 0.5) is 5.82 Å². The Balaban J connectivity index is 2.24. The molecule has 0 aromatic carbocycles. The second kappa shape index (κ2) is 5.55. The molecule has 2 N–H and O–H groups in total. The average Bonchev–Trinajstić information content (AvgIpc) is 2.40. The maximum Gasteiger partial charge on any atom is 0.138 e. The molecule has 2 aromatic rings. The molecule has 2 aromatic heterocycles. The molecule has 0 bridgehead atoms. The van der Waals surface area contributed by atoms with Gasteiger partial charge in [0.1, 0.15) is 10.8 Å². The molecule has 4 nitrogen and oxygen atoms in total. The Morgan fingerprint density at radius 3 is 2.78 bits per heavy atom. The van der Waals surface area contributed by atoms with Gasteiger partial charge in [0, 0.05) is 32.2 Å². The van der Waals surface area contributed by atoms with Gasteiger partial charge < -0.3 is 10.6 Å². The molecule has 0 radical (unpaired) electrons. The molecule has 18 heavy (non-hydrogen) atoms. The van der Waals surface area contributed by atoms with Crippen molar-refractivity contribution >= 4 is 23.0 Å². The number of nitrogens with two attached hydrogens (primary N) is 1. The zero-order valence-corrected chi connectivity index (χ0v) is 10.9. The van der Waals surface area contributed by atoms with Crippen LogP contribution in [0.2, 0.25) is 0 Å². The lowest BCUT2D eigenvalue weighted by molar-refractivity contribution is 0.890. The molecular formula is C13H14N4S. The van der Waals surface area contributed by atoms with Crippen LogP contribution < -0.4 is 10.6 Å². The van der Waals surface area contributed by atoms with E-state index >= 15 is 0 Å². The Kier molecular flexibility index (Phi) is 3.84. The van der Waals surface area contributed by atoms with E-state index in [2.05, 4.69) is 9.97 Å². The van der Waals surface area contributed by atoms with Crippen molar-refractivity contribution in [2.45, 2.75) is 6.54 Å². The highest BCUT2D eigenvalue weighted by atomic mass is 32.1. The molecule has 0 aliphatic carbocycles. The summed E-state index contributed by atoms with van der Waals surface area (Å²) in [5.41, 5.74) is 7.60. The van der Waals surface area contributed by atoms with Crippen LogP contribution in [0.1, 0.15) is 11.1 Å². The first kappa shape index (κ1) is 12.4. The van der Waals surface area contributed by atoms with E-state index in [4.69, 9.17) is 18.0 Å². The predicted molar refractivity (Wildman–Crippen MR) is 76.5 cm³/mol. The van der Waals surface area contributed by atoms with Crippen LogP contribution in [0, 0.1) is 0 Å². The van der Waals surface area contributed by atoms with Crippen molar-refractivity contribution in [2.75, 3.05) is 11.9 Å². The fourth-order valence-electron chi connectivity index (χ4n) is 1.73. The van der Waals surface area contributed by atoms with Crippen molar-refractivity contribution in [3.63, 3.8) is 0 Å². The topological polar surface area (TPSA) is 55.0 Å². The van der Waals surface area contributed by atoms with Gasteiger partial charge in [-0.1, -0.05) is 18.3 Å². The van der Waals surface area contributed by atoms with Gasteiger partial charge in [0.05, 0.1) is 5.56 Å². The summed E-state index contributed by atoms with van der Waals surface area (Å²) in [6.07, 6.45) is 5.32. The van der Waals surface area contributed by atoms with Crippen LogP contribution >= 0.6 is 12.2 Å². The van der Waals surface area contributed by atoms with Gasteiger partial charge in [0.25, 0.3) is 0 Å². The minimum Gasteiger partial charge on any atom is -0.389 e. The van der Waals surface area contributed by atoms with Crippen molar-refractivity contribution in [3.8, 4) is 0 Å². The van der Waals surface area contributed by atoms with E-state index in [9.17, 15) is 0 Å². The first-order valence-corrected chi connectivity index (χ1v) is 5.94. The van der Waals surface area contributed by atoms with Crippen molar-refractivity contribution in [1.82, 2.24) is 9.97 Å². The number of nitrogens with zero attached hydrogens (tertiary/aromatic N) is 3. The second-order valence-corrected chi connectivity index (χ2v) is 4.40. The van der Waals surface area contributed by atoms with Gasteiger partial charge >= 0.3 is 0 Å². The molecule has 0 amide bonds. The van der Waals surface area contributed by atoms with E-state index in [1.807, 2.05) is 42.4 Å². The molecule has 5 heteroatoms. The summed E-state index contributed by atoms with van der Waals surface area (Å²) in [7, 11) is 1.96. The number of thiocarbonyl (C=S) groups is 1. The number of hydrogen-bond donors (Lipinski definition) is 1. The van der Waals surface area contributed by atoms with Gasteiger partial charge in [-0.05, 0) is 23.8 Å². The number of anilines is 1. The van der Waals surface area contributed by atoms with Crippen LogP contribution in [0.5, 0.6) is 0 Å². The molecule has 0 unspecified atom stereocenters. The van der Waals surface area contributed by atoms with Crippen molar-refractivity contribution in [2.24, 2.45) is 5.73 Å². The highest BCUT2D eigenvalue weighted by Gasteiger charge is 2.10. The van der Waals surface area contributed by atoms with Crippen molar-refractivity contribution in [3.05, 3.63) is 54.0 Å². The van der Waals surface area contributed by atoms with E-state index in [1.54, 1.807) is 12.4 Å². The summed E-state index contributed by atoms with van der Waals surface area (Å²) >= 11 is 5.03. The van der Waals surface area contributed by atoms with Gasteiger partial charge in [0.15, 0.2) is 0 Å². The Bertz CT molecular complexity index is 542. The van der Waals surface area contributed by atoms with Crippen LogP contribution in [0.25, 0.3) is 0 Å². The zero-order chi connectivity index (χ0) is 13.0. The molecule has 0 aliphatic rings. The Hall–Kier alpha value is -2.01. The predicted octanol–water partition coefficient (Wildman–Crippen LogP) is 1.75. The quantitative estimate of drug-likeness (QED) is 0.847. The Morgan fingerprint density at radius 1 is 1.33 bits per heavy atom. The summed E-state index contributed by atoms with van der Waals surface area (Å²) in [4.78, 5) is 10.8. The number of aromatic nitrogens is 2. The summed E-state index contributed by atoms with van der Waals surface area (Å²) < 4.78 is 0. The number of rotatable bonds is 4. The fourth-order valence-corrected chi connectivity index (χ4v) is 1.89. The highest BCUT2D eigenvalue weighted by molar-refractivity contribution is 7.80. The maximum absolute atomic E-state index is 5.70. The van der Waals surface area contributed by atoms with E-state index in [1.165, 1.54) is 0 Å². The standard InChI is InChI=1S/C13H14N4S/c1-17(9-10-4-2-6-15-8-10)13-11(12(14)18)5-3-7-16-13/h2-8H,9H2,1H3,(H2,14,18). The molecule has 92 valence electrons. The highest BCUT2D eigenvalue weighted by Crippen LogP contribution is 2.17. The normalized spacial score (nSPS) is 10.1. The SMILES string of the molecule is CN(Cc1cccnc1)c1ncccc1C(N)=S.